The van der Waals surface area contributed by atoms with E-state index in [9.17, 15) is 5.11 Å². The average molecular weight is 341 g/mol. The summed E-state index contributed by atoms with van der Waals surface area (Å²) in [5, 5.41) is 10.6. The molecule has 0 aromatic carbocycles. The first-order valence-corrected chi connectivity index (χ1v) is 7.88. The van der Waals surface area contributed by atoms with E-state index in [4.69, 9.17) is 11.6 Å². The van der Waals surface area contributed by atoms with Crippen LogP contribution < -0.4 is 0 Å². The van der Waals surface area contributed by atoms with Crippen molar-refractivity contribution < 1.29 is 5.11 Å². The van der Waals surface area contributed by atoms with Crippen molar-refractivity contribution >= 4 is 11.6 Å². The first-order valence-electron chi connectivity index (χ1n) is 7.50. The van der Waals surface area contributed by atoms with Gasteiger partial charge >= 0.3 is 0 Å². The average Bonchev–Trinajstić information content (AvgIpc) is 2.55. The molecule has 3 rings (SSSR count). The highest BCUT2D eigenvalue weighted by Crippen LogP contribution is 2.23. The van der Waals surface area contributed by atoms with Crippen LogP contribution in [0.4, 0.5) is 0 Å². The van der Waals surface area contributed by atoms with Gasteiger partial charge in [-0.05, 0) is 31.3 Å². The number of aromatic nitrogens is 3. The standard InChI is InChI=1S/C18H17ClN4O/c1-23(11-14-4-2-3-6-20-14)12-15-9-16(24)10-18(22-15)17-8-13(19)5-7-21-17/h2-10H,11-12H2,1H3,(H,22,24). The van der Waals surface area contributed by atoms with Gasteiger partial charge in [-0.3, -0.25) is 14.9 Å². The molecule has 6 heteroatoms. The second-order valence-electron chi connectivity index (χ2n) is 5.55. The highest BCUT2D eigenvalue weighted by Gasteiger charge is 2.09. The molecule has 0 aliphatic heterocycles. The predicted octanol–water partition coefficient (Wildman–Crippen LogP) is 3.53. The van der Waals surface area contributed by atoms with E-state index in [2.05, 4.69) is 19.9 Å². The molecule has 0 saturated carbocycles. The Morgan fingerprint density at radius 3 is 2.54 bits per heavy atom. The lowest BCUT2D eigenvalue weighted by molar-refractivity contribution is 0.310. The molecule has 1 N–H and O–H groups in total. The molecule has 3 heterocycles. The number of rotatable bonds is 5. The highest BCUT2D eigenvalue weighted by molar-refractivity contribution is 6.30. The van der Waals surface area contributed by atoms with Gasteiger partial charge in [-0.1, -0.05) is 17.7 Å². The molecule has 0 aliphatic carbocycles. The van der Waals surface area contributed by atoms with Crippen molar-refractivity contribution in [1.82, 2.24) is 19.9 Å². The minimum absolute atomic E-state index is 0.156. The van der Waals surface area contributed by atoms with Gasteiger partial charge < -0.3 is 5.11 Å². The van der Waals surface area contributed by atoms with Crippen LogP contribution in [0.5, 0.6) is 5.75 Å². The normalized spacial score (nSPS) is 11.0. The van der Waals surface area contributed by atoms with Gasteiger partial charge in [0.2, 0.25) is 0 Å². The Labute approximate surface area is 145 Å². The SMILES string of the molecule is CN(Cc1ccccn1)Cc1cc(O)cc(-c2cc(Cl)ccn2)n1. The fourth-order valence-electron chi connectivity index (χ4n) is 2.43. The molecule has 0 bridgehead atoms. The molecule has 0 amide bonds. The van der Waals surface area contributed by atoms with E-state index in [0.29, 0.717) is 29.5 Å². The summed E-state index contributed by atoms with van der Waals surface area (Å²) in [5.74, 6) is 0.156. The third-order valence-corrected chi connectivity index (χ3v) is 3.67. The third kappa shape index (κ3) is 4.28. The topological polar surface area (TPSA) is 62.1 Å². The molecule has 3 aromatic heterocycles. The van der Waals surface area contributed by atoms with Crippen molar-refractivity contribution in [3.8, 4) is 17.1 Å². The van der Waals surface area contributed by atoms with Crippen LogP contribution in [0.1, 0.15) is 11.4 Å². The highest BCUT2D eigenvalue weighted by atomic mass is 35.5. The summed E-state index contributed by atoms with van der Waals surface area (Å²) in [6.45, 7) is 1.28. The molecule has 3 aromatic rings. The number of halogens is 1. The zero-order valence-electron chi connectivity index (χ0n) is 13.2. The van der Waals surface area contributed by atoms with Crippen LogP contribution in [0, 0.1) is 0 Å². The molecule has 122 valence electrons. The van der Waals surface area contributed by atoms with Crippen molar-refractivity contribution in [3.63, 3.8) is 0 Å². The van der Waals surface area contributed by atoms with Crippen molar-refractivity contribution in [3.05, 3.63) is 71.3 Å². The summed E-state index contributed by atoms with van der Waals surface area (Å²) in [5.41, 5.74) is 2.97. The summed E-state index contributed by atoms with van der Waals surface area (Å²) in [4.78, 5) is 15.2. The first kappa shape index (κ1) is 16.4. The van der Waals surface area contributed by atoms with E-state index in [-0.39, 0.29) is 5.75 Å². The van der Waals surface area contributed by atoms with E-state index in [1.165, 1.54) is 0 Å². The predicted molar refractivity (Wildman–Crippen MR) is 93.6 cm³/mol. The van der Waals surface area contributed by atoms with Gasteiger partial charge in [-0.2, -0.15) is 0 Å². The Bertz CT molecular complexity index is 826. The van der Waals surface area contributed by atoms with E-state index in [1.807, 2.05) is 25.2 Å². The van der Waals surface area contributed by atoms with Gasteiger partial charge in [-0.25, -0.2) is 4.98 Å². The Morgan fingerprint density at radius 1 is 0.958 bits per heavy atom. The fourth-order valence-corrected chi connectivity index (χ4v) is 2.59. The monoisotopic (exact) mass is 340 g/mol. The maximum absolute atomic E-state index is 10.00. The molecule has 0 saturated heterocycles. The first-order chi connectivity index (χ1) is 11.6. The lowest BCUT2D eigenvalue weighted by Crippen LogP contribution is -2.18. The molecule has 0 atom stereocenters. The van der Waals surface area contributed by atoms with Crippen LogP contribution in [0.3, 0.4) is 0 Å². The van der Waals surface area contributed by atoms with Gasteiger partial charge in [0.05, 0.1) is 22.8 Å². The number of hydrogen-bond acceptors (Lipinski definition) is 5. The summed E-state index contributed by atoms with van der Waals surface area (Å²) < 4.78 is 0. The fraction of sp³-hybridized carbons (Fsp3) is 0.167. The Balaban J connectivity index is 1.79. The van der Waals surface area contributed by atoms with Gasteiger partial charge in [0.25, 0.3) is 0 Å². The Hall–Kier alpha value is -2.50. The largest absolute Gasteiger partial charge is 0.508 e. The van der Waals surface area contributed by atoms with Gasteiger partial charge in [0.15, 0.2) is 0 Å². The third-order valence-electron chi connectivity index (χ3n) is 3.44. The van der Waals surface area contributed by atoms with E-state index < -0.39 is 0 Å². The van der Waals surface area contributed by atoms with E-state index in [0.717, 1.165) is 11.4 Å². The van der Waals surface area contributed by atoms with Gasteiger partial charge in [-0.15, -0.1) is 0 Å². The molecule has 0 fully saturated rings. The number of aromatic hydroxyl groups is 1. The molecule has 0 aliphatic rings. The molecule has 0 radical (unpaired) electrons. The smallest absolute Gasteiger partial charge is 0.119 e. The van der Waals surface area contributed by atoms with Crippen molar-refractivity contribution in [2.45, 2.75) is 13.1 Å². The van der Waals surface area contributed by atoms with Gasteiger partial charge in [0.1, 0.15) is 5.75 Å². The summed E-state index contributed by atoms with van der Waals surface area (Å²) >= 11 is 6.00. The van der Waals surface area contributed by atoms with Crippen LogP contribution in [0.2, 0.25) is 5.02 Å². The summed E-state index contributed by atoms with van der Waals surface area (Å²) in [6.07, 6.45) is 3.40. The minimum atomic E-state index is 0.156. The molecular weight excluding hydrogens is 324 g/mol. The summed E-state index contributed by atoms with van der Waals surface area (Å²) in [7, 11) is 1.98. The quantitative estimate of drug-likeness (QED) is 0.769. The number of nitrogens with zero attached hydrogens (tertiary/aromatic N) is 4. The van der Waals surface area contributed by atoms with Crippen LogP contribution in [0.15, 0.2) is 54.9 Å². The van der Waals surface area contributed by atoms with Crippen LogP contribution in [-0.2, 0) is 13.1 Å². The number of hydrogen-bond donors (Lipinski definition) is 1. The zero-order valence-corrected chi connectivity index (χ0v) is 14.0. The second kappa shape index (κ2) is 7.38. The minimum Gasteiger partial charge on any atom is -0.508 e. The molecule has 24 heavy (non-hydrogen) atoms. The van der Waals surface area contributed by atoms with Crippen LogP contribution in [0.25, 0.3) is 11.4 Å². The molecule has 0 spiro atoms. The van der Waals surface area contributed by atoms with Crippen molar-refractivity contribution in [2.75, 3.05) is 7.05 Å². The number of pyridine rings is 3. The van der Waals surface area contributed by atoms with Crippen molar-refractivity contribution in [2.24, 2.45) is 0 Å². The second-order valence-corrected chi connectivity index (χ2v) is 5.99. The molecule has 0 unspecified atom stereocenters. The van der Waals surface area contributed by atoms with E-state index in [1.54, 1.807) is 36.7 Å². The molecular formula is C18H17ClN4O. The van der Waals surface area contributed by atoms with Gasteiger partial charge in [0, 0.05) is 42.6 Å². The van der Waals surface area contributed by atoms with Crippen LogP contribution >= 0.6 is 11.6 Å². The van der Waals surface area contributed by atoms with Crippen LogP contribution in [-0.4, -0.2) is 32.0 Å². The zero-order chi connectivity index (χ0) is 16.9. The van der Waals surface area contributed by atoms with E-state index >= 15 is 0 Å². The lowest BCUT2D eigenvalue weighted by Gasteiger charge is -2.16. The maximum Gasteiger partial charge on any atom is 0.119 e. The Morgan fingerprint density at radius 2 is 1.79 bits per heavy atom. The Kier molecular flexibility index (Phi) is 5.03. The maximum atomic E-state index is 10.00. The summed E-state index contributed by atoms with van der Waals surface area (Å²) in [6, 6.07) is 12.5. The van der Waals surface area contributed by atoms with Crippen molar-refractivity contribution in [1.29, 1.82) is 0 Å². The molecule has 5 nitrogen and oxygen atoms in total. The lowest BCUT2D eigenvalue weighted by atomic mass is 10.2.